The fraction of sp³-hybridized carbons (Fsp3) is 0. The molecule has 0 spiro atoms. The van der Waals surface area contributed by atoms with E-state index in [-0.39, 0.29) is 16.1 Å². The highest BCUT2D eigenvalue weighted by Gasteiger charge is 2.19. The third-order valence-electron chi connectivity index (χ3n) is 3.37. The Morgan fingerprint density at radius 3 is 2.32 bits per heavy atom. The van der Waals surface area contributed by atoms with Gasteiger partial charge in [-0.2, -0.15) is 5.26 Å². The van der Waals surface area contributed by atoms with Crippen molar-refractivity contribution in [3.63, 3.8) is 0 Å². The first-order valence-electron chi connectivity index (χ1n) is 7.30. The minimum absolute atomic E-state index is 0.103. The second-order valence-electron chi connectivity index (χ2n) is 5.09. The van der Waals surface area contributed by atoms with Gasteiger partial charge in [-0.25, -0.2) is 0 Å². The fourth-order valence-corrected chi connectivity index (χ4v) is 3.13. The molecule has 0 unspecified atom stereocenters. The van der Waals surface area contributed by atoms with Crippen molar-refractivity contribution in [3.05, 3.63) is 65.0 Å². The Labute approximate surface area is 148 Å². The SMILES string of the molecule is N#Cc1c(Nc2ccc(Oc3ccccc3)cc2)sc(C(N)=O)c1N. The molecule has 124 valence electrons. The van der Waals surface area contributed by atoms with Gasteiger partial charge < -0.3 is 21.5 Å². The van der Waals surface area contributed by atoms with E-state index in [4.69, 9.17) is 16.2 Å². The molecule has 7 heteroatoms. The Hall–Kier alpha value is -3.50. The van der Waals surface area contributed by atoms with Gasteiger partial charge in [0, 0.05) is 5.69 Å². The van der Waals surface area contributed by atoms with E-state index in [0.717, 1.165) is 22.8 Å². The minimum Gasteiger partial charge on any atom is -0.457 e. The van der Waals surface area contributed by atoms with Crippen LogP contribution in [0.2, 0.25) is 0 Å². The van der Waals surface area contributed by atoms with Crippen LogP contribution in [0.4, 0.5) is 16.4 Å². The maximum absolute atomic E-state index is 11.4. The van der Waals surface area contributed by atoms with Gasteiger partial charge in [0.2, 0.25) is 0 Å². The summed E-state index contributed by atoms with van der Waals surface area (Å²) < 4.78 is 5.72. The summed E-state index contributed by atoms with van der Waals surface area (Å²) in [6.45, 7) is 0. The number of anilines is 3. The number of hydrogen-bond donors (Lipinski definition) is 3. The summed E-state index contributed by atoms with van der Waals surface area (Å²) in [6, 6.07) is 18.6. The van der Waals surface area contributed by atoms with E-state index in [1.54, 1.807) is 24.3 Å². The van der Waals surface area contributed by atoms with E-state index in [1.807, 2.05) is 36.4 Å². The van der Waals surface area contributed by atoms with Crippen molar-refractivity contribution in [2.24, 2.45) is 5.73 Å². The third-order valence-corrected chi connectivity index (χ3v) is 4.51. The second-order valence-corrected chi connectivity index (χ2v) is 6.11. The molecule has 0 saturated heterocycles. The summed E-state index contributed by atoms with van der Waals surface area (Å²) >= 11 is 1.06. The fourth-order valence-electron chi connectivity index (χ4n) is 2.19. The number of carbonyl (C=O) groups excluding carboxylic acids is 1. The van der Waals surface area contributed by atoms with E-state index in [2.05, 4.69) is 5.32 Å². The molecule has 1 amide bonds. The van der Waals surface area contributed by atoms with Gasteiger partial charge in [-0.1, -0.05) is 18.2 Å². The van der Waals surface area contributed by atoms with Gasteiger partial charge in [-0.3, -0.25) is 4.79 Å². The molecule has 0 saturated carbocycles. The first-order chi connectivity index (χ1) is 12.1. The van der Waals surface area contributed by atoms with E-state index in [1.165, 1.54) is 0 Å². The van der Waals surface area contributed by atoms with Gasteiger partial charge in [0.1, 0.15) is 33.0 Å². The Bertz CT molecular complexity index is 944. The average molecular weight is 350 g/mol. The van der Waals surface area contributed by atoms with Crippen LogP contribution in [0.25, 0.3) is 0 Å². The highest BCUT2D eigenvalue weighted by molar-refractivity contribution is 7.19. The molecular formula is C18H14N4O2S. The monoisotopic (exact) mass is 350 g/mol. The van der Waals surface area contributed by atoms with Crippen LogP contribution in [0.3, 0.4) is 0 Å². The number of rotatable bonds is 5. The predicted octanol–water partition coefficient (Wildman–Crippen LogP) is 3.84. The number of amides is 1. The zero-order valence-electron chi connectivity index (χ0n) is 13.0. The zero-order valence-corrected chi connectivity index (χ0v) is 13.8. The van der Waals surface area contributed by atoms with Crippen LogP contribution in [0.5, 0.6) is 11.5 Å². The second kappa shape index (κ2) is 6.95. The van der Waals surface area contributed by atoms with Gasteiger partial charge >= 0.3 is 0 Å². The quantitative estimate of drug-likeness (QED) is 0.647. The third kappa shape index (κ3) is 3.54. The van der Waals surface area contributed by atoms with Gasteiger partial charge in [0.25, 0.3) is 5.91 Å². The lowest BCUT2D eigenvalue weighted by atomic mass is 10.2. The van der Waals surface area contributed by atoms with Crippen LogP contribution in [0.15, 0.2) is 54.6 Å². The van der Waals surface area contributed by atoms with E-state index < -0.39 is 5.91 Å². The van der Waals surface area contributed by atoms with Gasteiger partial charge in [0.05, 0.1) is 5.69 Å². The molecule has 0 aliphatic carbocycles. The molecule has 3 aromatic rings. The van der Waals surface area contributed by atoms with Crippen LogP contribution in [0.1, 0.15) is 15.2 Å². The van der Waals surface area contributed by atoms with Crippen molar-refractivity contribution in [1.29, 1.82) is 5.26 Å². The molecule has 0 fully saturated rings. The average Bonchev–Trinajstić information content (AvgIpc) is 2.93. The molecule has 0 radical (unpaired) electrons. The number of nitrogens with zero attached hydrogens (tertiary/aromatic N) is 1. The summed E-state index contributed by atoms with van der Waals surface area (Å²) in [7, 11) is 0. The molecule has 0 aliphatic rings. The largest absolute Gasteiger partial charge is 0.457 e. The molecule has 25 heavy (non-hydrogen) atoms. The van der Waals surface area contributed by atoms with Crippen LogP contribution in [-0.2, 0) is 0 Å². The topological polar surface area (TPSA) is 114 Å². The summed E-state index contributed by atoms with van der Waals surface area (Å²) in [6.07, 6.45) is 0. The van der Waals surface area contributed by atoms with Crippen molar-refractivity contribution in [1.82, 2.24) is 0 Å². The summed E-state index contributed by atoms with van der Waals surface area (Å²) in [5.74, 6) is 0.770. The van der Waals surface area contributed by atoms with Crippen LogP contribution >= 0.6 is 11.3 Å². The molecule has 3 rings (SSSR count). The van der Waals surface area contributed by atoms with Crippen molar-refractivity contribution >= 4 is 33.6 Å². The summed E-state index contributed by atoms with van der Waals surface area (Å²) in [5, 5.41) is 12.8. The minimum atomic E-state index is -0.654. The molecule has 0 bridgehead atoms. The first-order valence-corrected chi connectivity index (χ1v) is 8.12. The highest BCUT2D eigenvalue weighted by Crippen LogP contribution is 2.37. The molecular weight excluding hydrogens is 336 g/mol. The number of nitrogens with one attached hydrogen (secondary N) is 1. The number of ether oxygens (including phenoxy) is 1. The number of para-hydroxylation sites is 1. The van der Waals surface area contributed by atoms with Crippen molar-refractivity contribution in [2.75, 3.05) is 11.1 Å². The molecule has 1 aromatic heterocycles. The van der Waals surface area contributed by atoms with Gasteiger partial charge in [0.15, 0.2) is 0 Å². The molecule has 0 aliphatic heterocycles. The number of carbonyl (C=O) groups is 1. The van der Waals surface area contributed by atoms with Crippen molar-refractivity contribution < 1.29 is 9.53 Å². The normalized spacial score (nSPS) is 10.0. The Balaban J connectivity index is 1.79. The van der Waals surface area contributed by atoms with Crippen molar-refractivity contribution in [2.45, 2.75) is 0 Å². The van der Waals surface area contributed by atoms with Crippen LogP contribution < -0.4 is 21.5 Å². The molecule has 1 heterocycles. The maximum Gasteiger partial charge on any atom is 0.261 e. The molecule has 0 atom stereocenters. The Morgan fingerprint density at radius 1 is 1.08 bits per heavy atom. The lowest BCUT2D eigenvalue weighted by Gasteiger charge is -2.08. The number of hydrogen-bond acceptors (Lipinski definition) is 6. The smallest absolute Gasteiger partial charge is 0.261 e. The highest BCUT2D eigenvalue weighted by atomic mass is 32.1. The van der Waals surface area contributed by atoms with E-state index in [0.29, 0.717) is 10.8 Å². The molecule has 6 nitrogen and oxygen atoms in total. The zero-order chi connectivity index (χ0) is 17.8. The van der Waals surface area contributed by atoms with Crippen molar-refractivity contribution in [3.8, 4) is 17.6 Å². The lowest BCUT2D eigenvalue weighted by Crippen LogP contribution is -2.10. The first kappa shape index (κ1) is 16.4. The van der Waals surface area contributed by atoms with E-state index in [9.17, 15) is 10.1 Å². The number of primary amides is 1. The number of thiophene rings is 1. The lowest BCUT2D eigenvalue weighted by molar-refractivity contribution is 0.100. The van der Waals surface area contributed by atoms with Gasteiger partial charge in [-0.15, -0.1) is 11.3 Å². The Kier molecular flexibility index (Phi) is 4.55. The van der Waals surface area contributed by atoms with Crippen LogP contribution in [0, 0.1) is 11.3 Å². The summed E-state index contributed by atoms with van der Waals surface area (Å²) in [5.41, 5.74) is 12.1. The molecule has 2 aromatic carbocycles. The Morgan fingerprint density at radius 2 is 1.72 bits per heavy atom. The number of nitrogens with two attached hydrogens (primary N) is 2. The number of nitriles is 1. The van der Waals surface area contributed by atoms with Gasteiger partial charge in [-0.05, 0) is 36.4 Å². The summed E-state index contributed by atoms with van der Waals surface area (Å²) in [4.78, 5) is 11.5. The number of nitrogen functional groups attached to an aromatic ring is 1. The van der Waals surface area contributed by atoms with E-state index >= 15 is 0 Å². The maximum atomic E-state index is 11.4. The van der Waals surface area contributed by atoms with Crippen LogP contribution in [-0.4, -0.2) is 5.91 Å². The standard InChI is InChI=1S/C18H14N4O2S/c19-10-14-15(20)16(17(21)23)25-18(14)22-11-6-8-13(9-7-11)24-12-4-2-1-3-5-12/h1-9,22H,20H2,(H2,21,23). The number of benzene rings is 2. The predicted molar refractivity (Wildman–Crippen MR) is 98.2 cm³/mol. The molecule has 5 N–H and O–H groups in total.